The van der Waals surface area contributed by atoms with Crippen molar-refractivity contribution in [1.82, 2.24) is 15.1 Å². The summed E-state index contributed by atoms with van der Waals surface area (Å²) in [5.74, 6) is 1.55. The Balaban J connectivity index is 1.43. The molecule has 1 amide bonds. The maximum atomic E-state index is 12.5. The van der Waals surface area contributed by atoms with Crippen molar-refractivity contribution in [3.8, 4) is 17.2 Å². The zero-order valence-electron chi connectivity index (χ0n) is 20.3. The number of carbonyl (C=O) groups excluding carboxylic acids is 1. The first-order valence-corrected chi connectivity index (χ1v) is 11.3. The van der Waals surface area contributed by atoms with Crippen LogP contribution in [0, 0.1) is 0 Å². The van der Waals surface area contributed by atoms with Crippen molar-refractivity contribution in [2.45, 2.75) is 39.4 Å². The number of benzene rings is 1. The molecule has 8 heteroatoms. The lowest BCUT2D eigenvalue weighted by Crippen LogP contribution is -2.34. The Bertz CT molecular complexity index is 1260. The molecule has 0 saturated heterocycles. The van der Waals surface area contributed by atoms with E-state index < -0.39 is 11.7 Å². The Kier molecular flexibility index (Phi) is 7.10. The third kappa shape index (κ3) is 6.44. The van der Waals surface area contributed by atoms with E-state index >= 15 is 0 Å². The van der Waals surface area contributed by atoms with Crippen molar-refractivity contribution in [3.63, 3.8) is 0 Å². The highest BCUT2D eigenvalue weighted by Crippen LogP contribution is 2.30. The van der Waals surface area contributed by atoms with Crippen molar-refractivity contribution in [1.29, 1.82) is 0 Å². The molecule has 0 N–H and O–H groups in total. The van der Waals surface area contributed by atoms with Crippen LogP contribution in [0.2, 0.25) is 0 Å². The quantitative estimate of drug-likeness (QED) is 0.342. The van der Waals surface area contributed by atoms with E-state index in [4.69, 9.17) is 14.0 Å². The number of anilines is 1. The van der Waals surface area contributed by atoms with E-state index in [-0.39, 0.29) is 0 Å². The molecular formula is C27H28N4O4. The molecule has 0 aliphatic rings. The molecule has 0 radical (unpaired) electrons. The number of pyridine rings is 2. The average Bonchev–Trinajstić information content (AvgIpc) is 3.31. The Morgan fingerprint density at radius 1 is 0.971 bits per heavy atom. The smallest absolute Gasteiger partial charge is 0.415 e. The predicted octanol–water partition coefficient (Wildman–Crippen LogP) is 5.67. The lowest BCUT2D eigenvalue weighted by molar-refractivity contribution is 0.0588. The van der Waals surface area contributed by atoms with Gasteiger partial charge < -0.3 is 14.0 Å². The molecule has 4 aromatic rings. The predicted molar refractivity (Wildman–Crippen MR) is 132 cm³/mol. The summed E-state index contributed by atoms with van der Waals surface area (Å²) in [4.78, 5) is 22.5. The summed E-state index contributed by atoms with van der Waals surface area (Å²) in [6.07, 6.45) is 3.43. The van der Waals surface area contributed by atoms with Crippen LogP contribution in [0.5, 0.6) is 5.88 Å². The summed E-state index contributed by atoms with van der Waals surface area (Å²) in [6.45, 7) is 5.91. The molecular weight excluding hydrogens is 444 g/mol. The first kappa shape index (κ1) is 23.9. The van der Waals surface area contributed by atoms with Crippen molar-refractivity contribution in [2.24, 2.45) is 0 Å². The molecule has 35 heavy (non-hydrogen) atoms. The van der Waals surface area contributed by atoms with Gasteiger partial charge >= 0.3 is 6.09 Å². The Hall–Kier alpha value is -4.20. The lowest BCUT2D eigenvalue weighted by atomic mass is 10.1. The topological polar surface area (TPSA) is 90.6 Å². The first-order valence-electron chi connectivity index (χ1n) is 11.3. The summed E-state index contributed by atoms with van der Waals surface area (Å²) in [5.41, 5.74) is 2.95. The molecule has 0 fully saturated rings. The minimum Gasteiger partial charge on any atom is -0.473 e. The van der Waals surface area contributed by atoms with Crippen LogP contribution < -0.4 is 9.64 Å². The molecule has 0 aliphatic carbocycles. The number of hydrogen-bond acceptors (Lipinski definition) is 7. The third-order valence-corrected chi connectivity index (χ3v) is 5.03. The third-order valence-electron chi connectivity index (χ3n) is 5.03. The van der Waals surface area contributed by atoms with Crippen LogP contribution in [0.1, 0.15) is 37.6 Å². The molecule has 3 aromatic heterocycles. The number of nitrogens with zero attached hydrogens (tertiary/aromatic N) is 4. The molecule has 0 bridgehead atoms. The van der Waals surface area contributed by atoms with Gasteiger partial charge in [0.2, 0.25) is 5.88 Å². The fraction of sp³-hybridized carbons (Fsp3) is 0.259. The lowest BCUT2D eigenvalue weighted by Gasteiger charge is -2.24. The zero-order valence-corrected chi connectivity index (χ0v) is 20.3. The normalized spacial score (nSPS) is 11.2. The van der Waals surface area contributed by atoms with Crippen molar-refractivity contribution in [2.75, 3.05) is 11.9 Å². The molecule has 4 rings (SSSR count). The van der Waals surface area contributed by atoms with Crippen molar-refractivity contribution < 1.29 is 18.8 Å². The number of hydrogen-bond donors (Lipinski definition) is 0. The molecule has 1 aromatic carbocycles. The highest BCUT2D eigenvalue weighted by Gasteiger charge is 2.24. The zero-order chi connectivity index (χ0) is 24.8. The van der Waals surface area contributed by atoms with Crippen LogP contribution in [0.25, 0.3) is 11.3 Å². The highest BCUT2D eigenvalue weighted by molar-refractivity contribution is 5.90. The molecule has 180 valence electrons. The van der Waals surface area contributed by atoms with Gasteiger partial charge in [0, 0.05) is 38.0 Å². The summed E-state index contributed by atoms with van der Waals surface area (Å²) >= 11 is 0. The highest BCUT2D eigenvalue weighted by atomic mass is 16.6. The van der Waals surface area contributed by atoms with Crippen LogP contribution in [0.3, 0.4) is 0 Å². The van der Waals surface area contributed by atoms with Gasteiger partial charge in [-0.05, 0) is 50.1 Å². The standard InChI is InChI=1S/C27H28N4O4/c1-27(2,3)34-26(32)31(4)25-22(8-7-15-29-25)23-17-21(30-35-23)16-19-10-12-20(13-11-19)18-33-24-9-5-6-14-28-24/h5-15,17H,16,18H2,1-4H3. The largest absolute Gasteiger partial charge is 0.473 e. The second-order valence-corrected chi connectivity index (χ2v) is 9.05. The van der Waals surface area contributed by atoms with Gasteiger partial charge in [-0.1, -0.05) is 35.5 Å². The van der Waals surface area contributed by atoms with Crippen LogP contribution in [0.15, 0.2) is 77.6 Å². The summed E-state index contributed by atoms with van der Waals surface area (Å²) in [6, 6.07) is 19.2. The molecule has 0 unspecified atom stereocenters. The summed E-state index contributed by atoms with van der Waals surface area (Å²) < 4.78 is 16.8. The Labute approximate surface area is 204 Å². The van der Waals surface area contributed by atoms with E-state index in [1.165, 1.54) is 4.90 Å². The monoisotopic (exact) mass is 472 g/mol. The molecule has 0 atom stereocenters. The molecule has 0 saturated carbocycles. The molecule has 0 spiro atoms. The van der Waals surface area contributed by atoms with Crippen LogP contribution >= 0.6 is 0 Å². The Morgan fingerprint density at radius 2 is 1.71 bits per heavy atom. The van der Waals surface area contributed by atoms with Gasteiger partial charge in [0.15, 0.2) is 5.76 Å². The molecule has 0 aliphatic heterocycles. The Morgan fingerprint density at radius 3 is 2.43 bits per heavy atom. The van der Waals surface area contributed by atoms with Gasteiger partial charge in [0.05, 0.1) is 11.3 Å². The maximum Gasteiger partial charge on any atom is 0.415 e. The van der Waals surface area contributed by atoms with Crippen LogP contribution in [0.4, 0.5) is 10.6 Å². The van der Waals surface area contributed by atoms with E-state index in [2.05, 4.69) is 15.1 Å². The van der Waals surface area contributed by atoms with E-state index in [0.29, 0.717) is 36.0 Å². The SMILES string of the molecule is CN(C(=O)OC(C)(C)C)c1ncccc1-c1cc(Cc2ccc(COc3ccccn3)cc2)no1. The molecule has 8 nitrogen and oxygen atoms in total. The number of carbonyl (C=O) groups is 1. The van der Waals surface area contributed by atoms with E-state index in [1.807, 2.05) is 75.4 Å². The number of ether oxygens (including phenoxy) is 2. The fourth-order valence-corrected chi connectivity index (χ4v) is 3.35. The van der Waals surface area contributed by atoms with Crippen molar-refractivity contribution >= 4 is 11.9 Å². The van der Waals surface area contributed by atoms with Gasteiger partial charge in [-0.2, -0.15) is 0 Å². The fourth-order valence-electron chi connectivity index (χ4n) is 3.35. The van der Waals surface area contributed by atoms with Gasteiger partial charge in [-0.15, -0.1) is 0 Å². The van der Waals surface area contributed by atoms with Gasteiger partial charge in [0.1, 0.15) is 18.0 Å². The van der Waals surface area contributed by atoms with E-state index in [0.717, 1.165) is 16.8 Å². The summed E-state index contributed by atoms with van der Waals surface area (Å²) in [7, 11) is 1.62. The second-order valence-electron chi connectivity index (χ2n) is 9.05. The maximum absolute atomic E-state index is 12.5. The number of rotatable bonds is 7. The average molecular weight is 473 g/mol. The molecule has 3 heterocycles. The first-order chi connectivity index (χ1) is 16.8. The van der Waals surface area contributed by atoms with Gasteiger partial charge in [0.25, 0.3) is 0 Å². The van der Waals surface area contributed by atoms with E-state index in [1.54, 1.807) is 25.5 Å². The van der Waals surface area contributed by atoms with Crippen LogP contribution in [-0.2, 0) is 17.8 Å². The minimum absolute atomic E-state index is 0.432. The van der Waals surface area contributed by atoms with Gasteiger partial charge in [-0.25, -0.2) is 14.8 Å². The van der Waals surface area contributed by atoms with Crippen LogP contribution in [-0.4, -0.2) is 33.9 Å². The summed E-state index contributed by atoms with van der Waals surface area (Å²) in [5, 5.41) is 4.22. The second kappa shape index (κ2) is 10.4. The van der Waals surface area contributed by atoms with Crippen molar-refractivity contribution in [3.05, 3.63) is 89.9 Å². The minimum atomic E-state index is -0.611. The number of amides is 1. The van der Waals surface area contributed by atoms with Gasteiger partial charge in [-0.3, -0.25) is 4.90 Å². The van der Waals surface area contributed by atoms with E-state index in [9.17, 15) is 4.79 Å². The number of aromatic nitrogens is 3.